The van der Waals surface area contributed by atoms with Gasteiger partial charge in [0.05, 0.1) is 0 Å². The van der Waals surface area contributed by atoms with Crippen LogP contribution in [0.4, 0.5) is 0 Å². The first-order valence-corrected chi connectivity index (χ1v) is 6.58. The Morgan fingerprint density at radius 3 is 2.18 bits per heavy atom. The molecule has 2 heteroatoms. The second-order valence-electron chi connectivity index (χ2n) is 5.07. The second-order valence-corrected chi connectivity index (χ2v) is 5.07. The number of rotatable bonds is 7. The van der Waals surface area contributed by atoms with E-state index in [1.54, 1.807) is 0 Å². The molecular formula is C15H26N2. The molecule has 0 saturated carbocycles. The molecule has 0 bridgehead atoms. The van der Waals surface area contributed by atoms with Gasteiger partial charge in [-0.1, -0.05) is 38.1 Å². The fourth-order valence-electron chi connectivity index (χ4n) is 2.12. The first-order chi connectivity index (χ1) is 8.17. The number of hydrogen-bond acceptors (Lipinski definition) is 2. The lowest BCUT2D eigenvalue weighted by atomic mass is 9.98. The van der Waals surface area contributed by atoms with E-state index in [0.29, 0.717) is 6.04 Å². The second kappa shape index (κ2) is 7.46. The summed E-state index contributed by atoms with van der Waals surface area (Å²) in [5.41, 5.74) is 2.82. The quantitative estimate of drug-likeness (QED) is 0.758. The Morgan fingerprint density at radius 1 is 1.06 bits per heavy atom. The lowest BCUT2D eigenvalue weighted by Gasteiger charge is -2.17. The zero-order valence-electron chi connectivity index (χ0n) is 11.6. The van der Waals surface area contributed by atoms with Gasteiger partial charge < -0.3 is 10.6 Å². The molecule has 2 N–H and O–H groups in total. The highest BCUT2D eigenvalue weighted by Crippen LogP contribution is 2.17. The summed E-state index contributed by atoms with van der Waals surface area (Å²) in [6.45, 7) is 5.56. The van der Waals surface area contributed by atoms with E-state index in [-0.39, 0.29) is 0 Å². The van der Waals surface area contributed by atoms with Crippen LogP contribution in [-0.4, -0.2) is 20.6 Å². The molecule has 0 aliphatic heterocycles. The lowest BCUT2D eigenvalue weighted by molar-refractivity contribution is 0.533. The summed E-state index contributed by atoms with van der Waals surface area (Å²) in [6.07, 6.45) is 2.29. The van der Waals surface area contributed by atoms with Crippen LogP contribution >= 0.6 is 0 Å². The van der Waals surface area contributed by atoms with Crippen molar-refractivity contribution in [3.05, 3.63) is 35.4 Å². The van der Waals surface area contributed by atoms with Gasteiger partial charge in [-0.3, -0.25) is 0 Å². The van der Waals surface area contributed by atoms with Crippen LogP contribution in [0.3, 0.4) is 0 Å². The molecule has 0 amide bonds. The number of nitrogens with one attached hydrogen (secondary N) is 2. The third-order valence-electron chi connectivity index (χ3n) is 3.06. The first kappa shape index (κ1) is 14.2. The Morgan fingerprint density at radius 2 is 1.71 bits per heavy atom. The van der Waals surface area contributed by atoms with Gasteiger partial charge in [0.2, 0.25) is 0 Å². The molecule has 2 nitrogen and oxygen atoms in total. The minimum atomic E-state index is 0.454. The molecular weight excluding hydrogens is 208 g/mol. The Kier molecular flexibility index (Phi) is 6.23. The minimum Gasteiger partial charge on any atom is -0.320 e. The Hall–Kier alpha value is -0.860. The maximum atomic E-state index is 3.37. The molecule has 0 spiro atoms. The molecule has 0 aliphatic carbocycles. The smallest absolute Gasteiger partial charge is 0.0329 e. The van der Waals surface area contributed by atoms with Crippen LogP contribution in [0.25, 0.3) is 0 Å². The van der Waals surface area contributed by atoms with Crippen LogP contribution in [0.15, 0.2) is 24.3 Å². The molecule has 1 unspecified atom stereocenters. The largest absolute Gasteiger partial charge is 0.320 e. The lowest BCUT2D eigenvalue weighted by Crippen LogP contribution is -2.21. The van der Waals surface area contributed by atoms with Crippen molar-refractivity contribution in [1.82, 2.24) is 10.6 Å². The van der Waals surface area contributed by atoms with Crippen LogP contribution in [0, 0.1) is 5.92 Å². The minimum absolute atomic E-state index is 0.454. The van der Waals surface area contributed by atoms with Crippen molar-refractivity contribution in [3.63, 3.8) is 0 Å². The summed E-state index contributed by atoms with van der Waals surface area (Å²) in [5, 5.41) is 6.57. The summed E-state index contributed by atoms with van der Waals surface area (Å²) in [7, 11) is 4.03. The zero-order valence-corrected chi connectivity index (χ0v) is 11.6. The molecule has 1 aromatic rings. The topological polar surface area (TPSA) is 24.1 Å². The first-order valence-electron chi connectivity index (χ1n) is 6.58. The van der Waals surface area contributed by atoms with Gasteiger partial charge in [-0.25, -0.2) is 0 Å². The molecule has 1 atom stereocenters. The van der Waals surface area contributed by atoms with Crippen LogP contribution in [0.1, 0.15) is 37.4 Å². The monoisotopic (exact) mass is 234 g/mol. The fourth-order valence-corrected chi connectivity index (χ4v) is 2.12. The zero-order chi connectivity index (χ0) is 12.7. The van der Waals surface area contributed by atoms with E-state index in [2.05, 4.69) is 48.7 Å². The number of benzene rings is 1. The molecule has 0 heterocycles. The van der Waals surface area contributed by atoms with Gasteiger partial charge in [-0.2, -0.15) is 0 Å². The van der Waals surface area contributed by atoms with E-state index >= 15 is 0 Å². The average Bonchev–Trinajstić information content (AvgIpc) is 2.31. The Balaban J connectivity index is 2.64. The molecule has 0 radical (unpaired) electrons. The third-order valence-corrected chi connectivity index (χ3v) is 3.06. The summed E-state index contributed by atoms with van der Waals surface area (Å²) in [5.74, 6) is 0.727. The van der Waals surface area contributed by atoms with Crippen molar-refractivity contribution >= 4 is 0 Å². The van der Waals surface area contributed by atoms with Gasteiger partial charge in [0.15, 0.2) is 0 Å². The Labute approximate surface area is 106 Å². The fraction of sp³-hybridized carbons (Fsp3) is 0.600. The molecule has 96 valence electrons. The molecule has 0 aliphatic rings. The van der Waals surface area contributed by atoms with E-state index in [1.165, 1.54) is 17.5 Å². The van der Waals surface area contributed by atoms with Crippen LogP contribution < -0.4 is 10.6 Å². The van der Waals surface area contributed by atoms with Crippen molar-refractivity contribution < 1.29 is 0 Å². The summed E-state index contributed by atoms with van der Waals surface area (Å²) in [4.78, 5) is 0. The molecule has 1 rings (SSSR count). The highest BCUT2D eigenvalue weighted by Gasteiger charge is 2.08. The van der Waals surface area contributed by atoms with Crippen LogP contribution in [0.2, 0.25) is 0 Å². The van der Waals surface area contributed by atoms with Crippen LogP contribution in [0.5, 0.6) is 0 Å². The molecule has 1 aromatic carbocycles. The summed E-state index contributed by atoms with van der Waals surface area (Å²) in [6, 6.07) is 9.50. The SMILES string of the molecule is CNCCC(NC)c1ccc(CC(C)C)cc1. The highest BCUT2D eigenvalue weighted by molar-refractivity contribution is 5.25. The Bertz CT molecular complexity index is 303. The molecule has 0 aromatic heterocycles. The van der Waals surface area contributed by atoms with Crippen molar-refractivity contribution in [2.75, 3.05) is 20.6 Å². The summed E-state index contributed by atoms with van der Waals surface area (Å²) < 4.78 is 0. The molecule has 17 heavy (non-hydrogen) atoms. The maximum absolute atomic E-state index is 3.37. The van der Waals surface area contributed by atoms with Gasteiger partial charge >= 0.3 is 0 Å². The molecule has 0 saturated heterocycles. The average molecular weight is 234 g/mol. The van der Waals surface area contributed by atoms with E-state index in [0.717, 1.165) is 18.9 Å². The van der Waals surface area contributed by atoms with E-state index in [4.69, 9.17) is 0 Å². The maximum Gasteiger partial charge on any atom is 0.0329 e. The number of hydrogen-bond donors (Lipinski definition) is 2. The van der Waals surface area contributed by atoms with Gasteiger partial charge in [-0.15, -0.1) is 0 Å². The molecule has 0 fully saturated rings. The summed E-state index contributed by atoms with van der Waals surface area (Å²) >= 11 is 0. The van der Waals surface area contributed by atoms with Crippen molar-refractivity contribution in [2.45, 2.75) is 32.7 Å². The van der Waals surface area contributed by atoms with Gasteiger partial charge in [0.1, 0.15) is 0 Å². The standard InChI is InChI=1S/C15H26N2/c1-12(2)11-13-5-7-14(8-6-13)15(17-4)9-10-16-3/h5-8,12,15-17H,9-11H2,1-4H3. The van der Waals surface area contributed by atoms with Crippen molar-refractivity contribution in [2.24, 2.45) is 5.92 Å². The highest BCUT2D eigenvalue weighted by atomic mass is 14.9. The van der Waals surface area contributed by atoms with Gasteiger partial charge in [0.25, 0.3) is 0 Å². The third kappa shape index (κ3) is 4.88. The van der Waals surface area contributed by atoms with Gasteiger partial charge in [-0.05, 0) is 50.5 Å². The van der Waals surface area contributed by atoms with Gasteiger partial charge in [0, 0.05) is 6.04 Å². The van der Waals surface area contributed by atoms with Crippen molar-refractivity contribution in [1.29, 1.82) is 0 Å². The van der Waals surface area contributed by atoms with E-state index in [1.807, 2.05) is 14.1 Å². The van der Waals surface area contributed by atoms with Crippen LogP contribution in [-0.2, 0) is 6.42 Å². The predicted molar refractivity (Wildman–Crippen MR) is 75.3 cm³/mol. The van der Waals surface area contributed by atoms with Crippen molar-refractivity contribution in [3.8, 4) is 0 Å². The van der Waals surface area contributed by atoms with E-state index < -0.39 is 0 Å². The van der Waals surface area contributed by atoms with E-state index in [9.17, 15) is 0 Å². The normalized spacial score (nSPS) is 13.0. The predicted octanol–water partition coefficient (Wildman–Crippen LogP) is 2.76.